The second kappa shape index (κ2) is 6.07. The summed E-state index contributed by atoms with van der Waals surface area (Å²) in [6.07, 6.45) is 2.36. The number of halogens is 2. The van der Waals surface area contributed by atoms with Crippen LogP contribution in [-0.4, -0.2) is 13.1 Å². The fraction of sp³-hybridized carbons (Fsp3) is 0.294. The molecule has 1 heterocycles. The number of alkyl halides is 1. The van der Waals surface area contributed by atoms with Crippen LogP contribution in [0.3, 0.4) is 0 Å². The van der Waals surface area contributed by atoms with E-state index in [1.54, 1.807) is 0 Å². The zero-order chi connectivity index (χ0) is 13.9. The third kappa shape index (κ3) is 2.94. The van der Waals surface area contributed by atoms with Crippen LogP contribution >= 0.6 is 23.2 Å². The first-order chi connectivity index (χ1) is 9.74. The fourth-order valence-electron chi connectivity index (χ4n) is 2.77. The van der Waals surface area contributed by atoms with Crippen molar-refractivity contribution in [2.45, 2.75) is 18.2 Å². The molecule has 0 N–H and O–H groups in total. The van der Waals surface area contributed by atoms with E-state index in [0.29, 0.717) is 0 Å². The molecule has 1 nitrogen and oxygen atoms in total. The van der Waals surface area contributed by atoms with Crippen molar-refractivity contribution >= 4 is 28.9 Å². The molecule has 3 heteroatoms. The van der Waals surface area contributed by atoms with Crippen LogP contribution in [0.5, 0.6) is 0 Å². The number of hydrogen-bond acceptors (Lipinski definition) is 1. The van der Waals surface area contributed by atoms with E-state index in [1.807, 2.05) is 24.3 Å². The predicted molar refractivity (Wildman–Crippen MR) is 87.0 cm³/mol. The lowest BCUT2D eigenvalue weighted by molar-refractivity contribution is 0.681. The van der Waals surface area contributed by atoms with Crippen molar-refractivity contribution < 1.29 is 0 Å². The van der Waals surface area contributed by atoms with Gasteiger partial charge < -0.3 is 4.90 Å². The lowest BCUT2D eigenvalue weighted by Crippen LogP contribution is -2.32. The normalized spacial score (nSPS) is 15.8. The van der Waals surface area contributed by atoms with Gasteiger partial charge in [0.2, 0.25) is 0 Å². The van der Waals surface area contributed by atoms with Gasteiger partial charge in [-0.25, -0.2) is 0 Å². The minimum absolute atomic E-state index is 0.0153. The molecule has 1 aliphatic rings. The molecular formula is C17H17Cl2N. The van der Waals surface area contributed by atoms with Crippen molar-refractivity contribution in [1.29, 1.82) is 0 Å². The molecule has 3 rings (SSSR count). The Morgan fingerprint density at radius 2 is 1.80 bits per heavy atom. The van der Waals surface area contributed by atoms with Crippen LogP contribution in [0.4, 0.5) is 5.69 Å². The van der Waals surface area contributed by atoms with Crippen molar-refractivity contribution in [3.63, 3.8) is 0 Å². The Hall–Kier alpha value is -1.18. The van der Waals surface area contributed by atoms with E-state index in [9.17, 15) is 0 Å². The number of para-hydroxylation sites is 1. The van der Waals surface area contributed by atoms with E-state index >= 15 is 0 Å². The molecule has 0 amide bonds. The minimum Gasteiger partial charge on any atom is -0.369 e. The zero-order valence-corrected chi connectivity index (χ0v) is 12.7. The summed E-state index contributed by atoms with van der Waals surface area (Å²) in [5.41, 5.74) is 3.89. The van der Waals surface area contributed by atoms with Crippen LogP contribution in [0.25, 0.3) is 0 Å². The van der Waals surface area contributed by atoms with Crippen molar-refractivity contribution in [3.8, 4) is 0 Å². The third-order valence-corrected chi connectivity index (χ3v) is 4.46. The van der Waals surface area contributed by atoms with Crippen LogP contribution in [0.2, 0.25) is 5.02 Å². The molecule has 104 valence electrons. The van der Waals surface area contributed by atoms with Gasteiger partial charge in [-0.05, 0) is 42.2 Å². The van der Waals surface area contributed by atoms with E-state index in [1.165, 1.54) is 24.1 Å². The van der Waals surface area contributed by atoms with Gasteiger partial charge >= 0.3 is 0 Å². The molecule has 1 unspecified atom stereocenters. The second-order valence-corrected chi connectivity index (χ2v) is 6.16. The lowest BCUT2D eigenvalue weighted by atomic mass is 10.0. The van der Waals surface area contributed by atoms with Gasteiger partial charge in [-0.15, -0.1) is 11.6 Å². The first-order valence-corrected chi connectivity index (χ1v) is 7.78. The van der Waals surface area contributed by atoms with Gasteiger partial charge in [-0.2, -0.15) is 0 Å². The summed E-state index contributed by atoms with van der Waals surface area (Å²) in [5.74, 6) is 0. The van der Waals surface area contributed by atoms with E-state index in [2.05, 4.69) is 29.2 Å². The molecule has 2 aromatic rings. The molecule has 0 aliphatic carbocycles. The number of benzene rings is 2. The predicted octanol–water partition coefficient (Wildman–Crippen LogP) is 5.07. The average molecular weight is 306 g/mol. The highest BCUT2D eigenvalue weighted by Gasteiger charge is 2.19. The van der Waals surface area contributed by atoms with E-state index < -0.39 is 0 Å². The number of nitrogens with zero attached hydrogens (tertiary/aromatic N) is 1. The Morgan fingerprint density at radius 1 is 1.05 bits per heavy atom. The van der Waals surface area contributed by atoms with Gasteiger partial charge in [0.1, 0.15) is 0 Å². The van der Waals surface area contributed by atoms with E-state index in [0.717, 1.165) is 23.7 Å². The Kier molecular flexibility index (Phi) is 4.18. The number of fused-ring (bicyclic) bond motifs is 1. The standard InChI is InChI=1S/C17H17Cl2N/c18-15-9-7-13(8-10-15)16(19)12-20-11-3-5-14-4-1-2-6-17(14)20/h1-2,4,6-10,16H,3,5,11-12H2. The summed E-state index contributed by atoms with van der Waals surface area (Å²) < 4.78 is 0. The first-order valence-electron chi connectivity index (χ1n) is 6.96. The zero-order valence-electron chi connectivity index (χ0n) is 11.2. The molecule has 0 saturated heterocycles. The van der Waals surface area contributed by atoms with Crippen LogP contribution in [0, 0.1) is 0 Å². The summed E-state index contributed by atoms with van der Waals surface area (Å²) >= 11 is 12.5. The number of anilines is 1. The second-order valence-electron chi connectivity index (χ2n) is 5.20. The smallest absolute Gasteiger partial charge is 0.0760 e. The van der Waals surface area contributed by atoms with Crippen molar-refractivity contribution in [2.24, 2.45) is 0 Å². The van der Waals surface area contributed by atoms with Gasteiger partial charge in [0.25, 0.3) is 0 Å². The summed E-state index contributed by atoms with van der Waals surface area (Å²) in [7, 11) is 0. The topological polar surface area (TPSA) is 3.24 Å². The molecule has 0 spiro atoms. The van der Waals surface area contributed by atoms with Gasteiger partial charge in [0.15, 0.2) is 0 Å². The maximum absolute atomic E-state index is 6.57. The Morgan fingerprint density at radius 3 is 2.60 bits per heavy atom. The highest BCUT2D eigenvalue weighted by atomic mass is 35.5. The van der Waals surface area contributed by atoms with Crippen LogP contribution in [-0.2, 0) is 6.42 Å². The summed E-state index contributed by atoms with van der Waals surface area (Å²) in [4.78, 5) is 2.39. The Labute approximate surface area is 130 Å². The molecule has 20 heavy (non-hydrogen) atoms. The average Bonchev–Trinajstić information content (AvgIpc) is 2.48. The van der Waals surface area contributed by atoms with E-state index in [4.69, 9.17) is 23.2 Å². The third-order valence-electron chi connectivity index (χ3n) is 3.82. The summed E-state index contributed by atoms with van der Waals surface area (Å²) in [5, 5.41) is 0.736. The molecule has 0 fully saturated rings. The molecule has 0 radical (unpaired) electrons. The maximum atomic E-state index is 6.57. The number of aryl methyl sites for hydroxylation is 1. The highest BCUT2D eigenvalue weighted by molar-refractivity contribution is 6.30. The van der Waals surface area contributed by atoms with Gasteiger partial charge in [0.05, 0.1) is 5.38 Å². The van der Waals surface area contributed by atoms with E-state index in [-0.39, 0.29) is 5.38 Å². The largest absolute Gasteiger partial charge is 0.369 e. The van der Waals surface area contributed by atoms with Crippen molar-refractivity contribution in [3.05, 3.63) is 64.7 Å². The molecule has 1 atom stereocenters. The Balaban J connectivity index is 1.77. The quantitative estimate of drug-likeness (QED) is 0.715. The van der Waals surface area contributed by atoms with Crippen molar-refractivity contribution in [2.75, 3.05) is 18.0 Å². The lowest BCUT2D eigenvalue weighted by Gasteiger charge is -2.32. The monoisotopic (exact) mass is 305 g/mol. The molecular weight excluding hydrogens is 289 g/mol. The van der Waals surface area contributed by atoms with Crippen molar-refractivity contribution in [1.82, 2.24) is 0 Å². The Bertz CT molecular complexity index is 580. The molecule has 0 aromatic heterocycles. The molecule has 1 aliphatic heterocycles. The highest BCUT2D eigenvalue weighted by Crippen LogP contribution is 2.31. The summed E-state index contributed by atoms with van der Waals surface area (Å²) in [6.45, 7) is 1.91. The molecule has 2 aromatic carbocycles. The van der Waals surface area contributed by atoms with Gasteiger partial charge in [-0.3, -0.25) is 0 Å². The maximum Gasteiger partial charge on any atom is 0.0760 e. The fourth-order valence-corrected chi connectivity index (χ4v) is 3.21. The first kappa shape index (κ1) is 13.8. The van der Waals surface area contributed by atoms with Gasteiger partial charge in [0, 0.05) is 23.8 Å². The number of rotatable bonds is 3. The molecule has 0 bridgehead atoms. The minimum atomic E-state index is -0.0153. The van der Waals surface area contributed by atoms with Crippen LogP contribution in [0.1, 0.15) is 22.9 Å². The number of hydrogen-bond donors (Lipinski definition) is 0. The summed E-state index contributed by atoms with van der Waals surface area (Å²) in [6, 6.07) is 16.4. The molecule has 0 saturated carbocycles. The van der Waals surface area contributed by atoms with Crippen LogP contribution < -0.4 is 4.90 Å². The SMILES string of the molecule is Clc1ccc(C(Cl)CN2CCCc3ccccc32)cc1. The van der Waals surface area contributed by atoms with Crippen LogP contribution in [0.15, 0.2) is 48.5 Å². The van der Waals surface area contributed by atoms with Gasteiger partial charge in [-0.1, -0.05) is 41.9 Å².